The first kappa shape index (κ1) is 13.3. The number of likely N-dealkylation sites (N-methyl/N-ethyl adjacent to an activating group) is 1. The third-order valence-corrected chi connectivity index (χ3v) is 3.72. The van der Waals surface area contributed by atoms with Crippen LogP contribution in [0.2, 0.25) is 0 Å². The second-order valence-corrected chi connectivity index (χ2v) is 4.89. The molecule has 0 radical (unpaired) electrons. The van der Waals surface area contributed by atoms with E-state index in [1.54, 1.807) is 7.05 Å². The molecule has 0 aliphatic carbocycles. The van der Waals surface area contributed by atoms with Crippen LogP contribution in [0.4, 0.5) is 4.79 Å². The van der Waals surface area contributed by atoms with Gasteiger partial charge < -0.3 is 5.32 Å². The summed E-state index contributed by atoms with van der Waals surface area (Å²) in [6, 6.07) is -0.970. The van der Waals surface area contributed by atoms with Gasteiger partial charge in [-0.1, -0.05) is 0 Å². The van der Waals surface area contributed by atoms with E-state index in [1.807, 2.05) is 0 Å². The van der Waals surface area contributed by atoms with Crippen molar-refractivity contribution in [3.63, 3.8) is 0 Å². The van der Waals surface area contributed by atoms with Crippen molar-refractivity contribution in [2.45, 2.75) is 37.8 Å². The van der Waals surface area contributed by atoms with E-state index >= 15 is 0 Å². The predicted molar refractivity (Wildman–Crippen MR) is 64.9 cm³/mol. The number of halogens is 1. The zero-order valence-corrected chi connectivity index (χ0v) is 10.9. The monoisotopic (exact) mass is 273 g/mol. The Bertz CT molecular complexity index is 388. The number of rotatable bonds is 1. The number of fused-ring (bicyclic) bond motifs is 1. The summed E-state index contributed by atoms with van der Waals surface area (Å²) >= 11 is 5.50. The van der Waals surface area contributed by atoms with E-state index in [2.05, 4.69) is 5.32 Å². The normalized spacial score (nSPS) is 29.0. The molecule has 2 heterocycles. The van der Waals surface area contributed by atoms with Gasteiger partial charge in [-0.3, -0.25) is 14.4 Å². The number of carbonyl (C=O) groups excluding carboxylic acids is 3. The summed E-state index contributed by atoms with van der Waals surface area (Å²) in [6.45, 7) is 0.383. The number of hydrogen-bond acceptors (Lipinski definition) is 4. The second kappa shape index (κ2) is 5.24. The van der Waals surface area contributed by atoms with Gasteiger partial charge in [-0.2, -0.15) is 0 Å². The highest BCUT2D eigenvalue weighted by Crippen LogP contribution is 2.26. The molecule has 2 fully saturated rings. The molecular weight excluding hydrogens is 258 g/mol. The average molecular weight is 274 g/mol. The molecule has 2 unspecified atom stereocenters. The van der Waals surface area contributed by atoms with Crippen molar-refractivity contribution < 1.29 is 14.4 Å². The minimum Gasteiger partial charge on any atom is -0.309 e. The molecule has 0 saturated carbocycles. The Labute approximate surface area is 110 Å². The molecule has 0 aromatic heterocycles. The molecule has 1 N–H and O–H groups in total. The molecule has 2 rings (SSSR count). The molecule has 2 aliphatic rings. The van der Waals surface area contributed by atoms with Crippen molar-refractivity contribution in [3.05, 3.63) is 0 Å². The van der Waals surface area contributed by atoms with Crippen LogP contribution in [0.3, 0.4) is 0 Å². The summed E-state index contributed by atoms with van der Waals surface area (Å²) in [4.78, 5) is 35.7. The zero-order chi connectivity index (χ0) is 13.3. The standard InChI is InChI=1S/C11H16ClN3O3/c1-13-7-4-5-9(16)8-3-2-6-14(11(12)18)15(8)10(7)17/h7-8,13H,2-6H2,1H3. The molecule has 0 bridgehead atoms. The lowest BCUT2D eigenvalue weighted by Gasteiger charge is -2.42. The number of ketones is 1. The summed E-state index contributed by atoms with van der Waals surface area (Å²) in [7, 11) is 1.67. The van der Waals surface area contributed by atoms with Gasteiger partial charge in [0.15, 0.2) is 5.78 Å². The van der Waals surface area contributed by atoms with Crippen LogP contribution in [-0.4, -0.2) is 52.8 Å². The van der Waals surface area contributed by atoms with Crippen LogP contribution in [-0.2, 0) is 9.59 Å². The average Bonchev–Trinajstić information content (AvgIpc) is 2.48. The van der Waals surface area contributed by atoms with Crippen molar-refractivity contribution in [1.29, 1.82) is 0 Å². The Morgan fingerprint density at radius 1 is 1.39 bits per heavy atom. The quantitative estimate of drug-likeness (QED) is 0.558. The van der Waals surface area contributed by atoms with E-state index in [0.29, 0.717) is 32.2 Å². The number of amides is 2. The molecule has 6 nitrogen and oxygen atoms in total. The highest BCUT2D eigenvalue weighted by molar-refractivity contribution is 6.62. The van der Waals surface area contributed by atoms with Gasteiger partial charge in [-0.15, -0.1) is 0 Å². The van der Waals surface area contributed by atoms with Gasteiger partial charge >= 0.3 is 5.37 Å². The van der Waals surface area contributed by atoms with E-state index in [0.717, 1.165) is 0 Å². The van der Waals surface area contributed by atoms with Gasteiger partial charge in [-0.05, 0) is 37.9 Å². The lowest BCUT2D eigenvalue weighted by Crippen LogP contribution is -2.60. The minimum absolute atomic E-state index is 0.00344. The number of carbonyl (C=O) groups is 3. The van der Waals surface area contributed by atoms with Crippen molar-refractivity contribution in [1.82, 2.24) is 15.3 Å². The maximum atomic E-state index is 12.3. The van der Waals surface area contributed by atoms with Crippen LogP contribution < -0.4 is 5.32 Å². The van der Waals surface area contributed by atoms with Gasteiger partial charge in [0.25, 0.3) is 5.91 Å². The number of Topliss-reactive ketones (excluding diaryl/α,β-unsaturated/α-hetero) is 1. The molecule has 7 heteroatoms. The maximum Gasteiger partial charge on any atom is 0.335 e. The lowest BCUT2D eigenvalue weighted by atomic mass is 10.0. The van der Waals surface area contributed by atoms with Crippen LogP contribution in [0.15, 0.2) is 0 Å². The fourth-order valence-corrected chi connectivity index (χ4v) is 2.75. The summed E-state index contributed by atoms with van der Waals surface area (Å²) in [5.41, 5.74) is 0. The molecule has 2 amide bonds. The van der Waals surface area contributed by atoms with E-state index in [1.165, 1.54) is 10.0 Å². The number of hydrazine groups is 1. The topological polar surface area (TPSA) is 69.7 Å². The molecule has 2 saturated heterocycles. The van der Waals surface area contributed by atoms with E-state index in [-0.39, 0.29) is 11.7 Å². The summed E-state index contributed by atoms with van der Waals surface area (Å²) in [6.07, 6.45) is 2.10. The van der Waals surface area contributed by atoms with Crippen LogP contribution in [0.1, 0.15) is 25.7 Å². The van der Waals surface area contributed by atoms with Crippen LogP contribution in [0.25, 0.3) is 0 Å². The molecule has 18 heavy (non-hydrogen) atoms. The summed E-state index contributed by atoms with van der Waals surface area (Å²) in [5.74, 6) is -0.245. The SMILES string of the molecule is CNC1CCC(=O)C2CCCN(C(=O)Cl)N2C1=O. The highest BCUT2D eigenvalue weighted by atomic mass is 35.5. The molecular formula is C11H16ClN3O3. The Morgan fingerprint density at radius 3 is 2.72 bits per heavy atom. The summed E-state index contributed by atoms with van der Waals surface area (Å²) in [5, 5.41) is 4.62. The van der Waals surface area contributed by atoms with Crippen LogP contribution in [0, 0.1) is 0 Å². The second-order valence-electron chi connectivity index (χ2n) is 4.56. The molecule has 2 aliphatic heterocycles. The first-order valence-electron chi connectivity index (χ1n) is 6.06. The Balaban J connectivity index is 2.34. The van der Waals surface area contributed by atoms with E-state index < -0.39 is 17.5 Å². The smallest absolute Gasteiger partial charge is 0.309 e. The van der Waals surface area contributed by atoms with Gasteiger partial charge in [0.1, 0.15) is 6.04 Å². The molecule has 0 aromatic carbocycles. The molecule has 0 spiro atoms. The summed E-state index contributed by atoms with van der Waals surface area (Å²) < 4.78 is 0. The van der Waals surface area contributed by atoms with Crippen molar-refractivity contribution >= 4 is 28.7 Å². The molecule has 0 aromatic rings. The number of nitrogens with one attached hydrogen (secondary N) is 1. The zero-order valence-electron chi connectivity index (χ0n) is 10.2. The lowest BCUT2D eigenvalue weighted by molar-refractivity contribution is -0.158. The van der Waals surface area contributed by atoms with Gasteiger partial charge in [0.2, 0.25) is 0 Å². The molecule has 100 valence electrons. The third-order valence-electron chi connectivity index (χ3n) is 3.53. The van der Waals surface area contributed by atoms with Crippen molar-refractivity contribution in [3.8, 4) is 0 Å². The fourth-order valence-electron chi connectivity index (χ4n) is 2.58. The maximum absolute atomic E-state index is 12.3. The van der Waals surface area contributed by atoms with Gasteiger partial charge in [0, 0.05) is 13.0 Å². The largest absolute Gasteiger partial charge is 0.335 e. The van der Waals surface area contributed by atoms with E-state index in [4.69, 9.17) is 11.6 Å². The Morgan fingerprint density at radius 2 is 2.11 bits per heavy atom. The van der Waals surface area contributed by atoms with Gasteiger partial charge in [0.05, 0.1) is 6.04 Å². The van der Waals surface area contributed by atoms with Gasteiger partial charge in [-0.25, -0.2) is 10.0 Å². The first-order chi connectivity index (χ1) is 8.56. The first-order valence-corrected chi connectivity index (χ1v) is 6.44. The number of nitrogens with zero attached hydrogens (tertiary/aromatic N) is 2. The third kappa shape index (κ3) is 2.22. The fraction of sp³-hybridized carbons (Fsp3) is 0.727. The Kier molecular flexibility index (Phi) is 3.87. The molecule has 2 atom stereocenters. The minimum atomic E-state index is -0.711. The predicted octanol–water partition coefficient (Wildman–Crippen LogP) is 0.504. The van der Waals surface area contributed by atoms with Crippen LogP contribution >= 0.6 is 11.6 Å². The van der Waals surface area contributed by atoms with Crippen molar-refractivity contribution in [2.24, 2.45) is 0 Å². The van der Waals surface area contributed by atoms with E-state index in [9.17, 15) is 14.4 Å². The Hall–Kier alpha value is -1.14. The number of hydrogen-bond donors (Lipinski definition) is 1. The van der Waals surface area contributed by atoms with Crippen LogP contribution in [0.5, 0.6) is 0 Å². The van der Waals surface area contributed by atoms with Crippen molar-refractivity contribution in [2.75, 3.05) is 13.6 Å². The highest BCUT2D eigenvalue weighted by Gasteiger charge is 2.43.